The van der Waals surface area contributed by atoms with Crippen LogP contribution in [0.5, 0.6) is 5.75 Å². The van der Waals surface area contributed by atoms with E-state index in [1.54, 1.807) is 12.1 Å². The molecule has 0 atom stereocenters. The first-order valence-corrected chi connectivity index (χ1v) is 4.61. The van der Waals surface area contributed by atoms with E-state index in [2.05, 4.69) is 4.98 Å². The van der Waals surface area contributed by atoms with Crippen LogP contribution in [-0.4, -0.2) is 16.1 Å². The molecule has 0 radical (unpaired) electrons. The normalized spacial score (nSPS) is 10.0. The van der Waals surface area contributed by atoms with Crippen molar-refractivity contribution in [3.63, 3.8) is 0 Å². The second kappa shape index (κ2) is 4.48. The van der Waals surface area contributed by atoms with Crippen molar-refractivity contribution >= 4 is 5.97 Å². The van der Waals surface area contributed by atoms with Crippen molar-refractivity contribution in [2.45, 2.75) is 6.61 Å². The van der Waals surface area contributed by atoms with Crippen molar-refractivity contribution in [3.05, 3.63) is 48.2 Å². The van der Waals surface area contributed by atoms with Crippen molar-refractivity contribution in [1.29, 1.82) is 0 Å². The van der Waals surface area contributed by atoms with E-state index in [4.69, 9.17) is 14.3 Å². The number of nitrogens with zero attached hydrogens (tertiary/aromatic N) is 1. The summed E-state index contributed by atoms with van der Waals surface area (Å²) in [6, 6.07) is 9.07. The second-order valence-corrected chi connectivity index (χ2v) is 3.03. The van der Waals surface area contributed by atoms with E-state index >= 15 is 0 Å². The highest BCUT2D eigenvalue weighted by Crippen LogP contribution is 2.13. The number of para-hydroxylation sites is 1. The first-order valence-electron chi connectivity index (χ1n) is 4.61. The monoisotopic (exact) mass is 219 g/mol. The standard InChI is InChI=1S/C11H9NO4/c13-11(14)10-9(16-7-12-10)6-15-8-4-2-1-3-5-8/h1-5,7H,6H2,(H,13,14). The van der Waals surface area contributed by atoms with E-state index < -0.39 is 5.97 Å². The van der Waals surface area contributed by atoms with Crippen molar-refractivity contribution in [2.24, 2.45) is 0 Å². The molecule has 0 spiro atoms. The van der Waals surface area contributed by atoms with Crippen molar-refractivity contribution in [2.75, 3.05) is 0 Å². The molecule has 0 amide bonds. The lowest BCUT2D eigenvalue weighted by atomic mass is 10.3. The van der Waals surface area contributed by atoms with Gasteiger partial charge in [0.1, 0.15) is 12.4 Å². The molecule has 16 heavy (non-hydrogen) atoms. The third kappa shape index (κ3) is 2.20. The van der Waals surface area contributed by atoms with Crippen LogP contribution < -0.4 is 4.74 Å². The van der Waals surface area contributed by atoms with Crippen LogP contribution in [0, 0.1) is 0 Å². The Morgan fingerprint density at radius 3 is 2.81 bits per heavy atom. The van der Waals surface area contributed by atoms with Crippen LogP contribution in [0.4, 0.5) is 0 Å². The third-order valence-electron chi connectivity index (χ3n) is 1.96. The fourth-order valence-electron chi connectivity index (χ4n) is 1.21. The number of hydrogen-bond acceptors (Lipinski definition) is 4. The molecule has 0 aliphatic heterocycles. The highest BCUT2D eigenvalue weighted by atomic mass is 16.5. The van der Waals surface area contributed by atoms with Gasteiger partial charge < -0.3 is 14.3 Å². The molecule has 1 heterocycles. The van der Waals surface area contributed by atoms with Gasteiger partial charge in [-0.3, -0.25) is 0 Å². The Labute approximate surface area is 91.3 Å². The number of carboxylic acids is 1. The van der Waals surface area contributed by atoms with E-state index in [9.17, 15) is 4.79 Å². The van der Waals surface area contributed by atoms with E-state index in [-0.39, 0.29) is 18.1 Å². The van der Waals surface area contributed by atoms with Gasteiger partial charge in [0.05, 0.1) is 0 Å². The third-order valence-corrected chi connectivity index (χ3v) is 1.96. The smallest absolute Gasteiger partial charge is 0.358 e. The number of aromatic nitrogens is 1. The largest absolute Gasteiger partial charge is 0.486 e. The van der Waals surface area contributed by atoms with E-state index in [0.29, 0.717) is 5.75 Å². The summed E-state index contributed by atoms with van der Waals surface area (Å²) in [6.07, 6.45) is 1.09. The first-order chi connectivity index (χ1) is 7.77. The van der Waals surface area contributed by atoms with Gasteiger partial charge >= 0.3 is 5.97 Å². The lowest BCUT2D eigenvalue weighted by molar-refractivity contribution is 0.0686. The van der Waals surface area contributed by atoms with E-state index in [0.717, 1.165) is 6.39 Å². The number of carbonyl (C=O) groups is 1. The minimum absolute atomic E-state index is 0.0473. The lowest BCUT2D eigenvalue weighted by Crippen LogP contribution is -2.04. The summed E-state index contributed by atoms with van der Waals surface area (Å²) in [7, 11) is 0. The summed E-state index contributed by atoms with van der Waals surface area (Å²) in [4.78, 5) is 14.3. The molecule has 2 rings (SSSR count). The molecule has 1 aromatic carbocycles. The number of hydrogen-bond donors (Lipinski definition) is 1. The summed E-state index contributed by atoms with van der Waals surface area (Å²) >= 11 is 0. The van der Waals surface area contributed by atoms with Gasteiger partial charge in [-0.05, 0) is 12.1 Å². The Bertz CT molecular complexity index is 478. The van der Waals surface area contributed by atoms with Gasteiger partial charge in [0.25, 0.3) is 0 Å². The predicted octanol–water partition coefficient (Wildman–Crippen LogP) is 1.95. The number of aromatic carboxylic acids is 1. The molecule has 0 unspecified atom stereocenters. The minimum Gasteiger partial charge on any atom is -0.486 e. The minimum atomic E-state index is -1.12. The van der Waals surface area contributed by atoms with Crippen molar-refractivity contribution < 1.29 is 19.1 Å². The summed E-state index contributed by atoms with van der Waals surface area (Å²) in [5.41, 5.74) is -0.115. The predicted molar refractivity (Wildman–Crippen MR) is 54.2 cm³/mol. The Kier molecular flexibility index (Phi) is 2.86. The number of benzene rings is 1. The average molecular weight is 219 g/mol. The maximum absolute atomic E-state index is 10.7. The van der Waals surface area contributed by atoms with E-state index in [1.165, 1.54) is 0 Å². The molecule has 2 aromatic rings. The zero-order valence-electron chi connectivity index (χ0n) is 8.29. The molecule has 5 nitrogen and oxygen atoms in total. The molecular formula is C11H9NO4. The number of ether oxygens (including phenoxy) is 1. The van der Waals surface area contributed by atoms with Gasteiger partial charge in [-0.2, -0.15) is 0 Å². The summed E-state index contributed by atoms with van der Waals surface area (Å²) in [5.74, 6) is -0.271. The van der Waals surface area contributed by atoms with Crippen LogP contribution in [-0.2, 0) is 6.61 Å². The van der Waals surface area contributed by atoms with Crippen LogP contribution in [0.2, 0.25) is 0 Å². The van der Waals surface area contributed by atoms with Crippen molar-refractivity contribution in [3.8, 4) is 5.75 Å². The zero-order valence-corrected chi connectivity index (χ0v) is 8.29. The van der Waals surface area contributed by atoms with Crippen LogP contribution >= 0.6 is 0 Å². The van der Waals surface area contributed by atoms with Crippen LogP contribution in [0.1, 0.15) is 16.2 Å². The lowest BCUT2D eigenvalue weighted by Gasteiger charge is -2.03. The van der Waals surface area contributed by atoms with E-state index in [1.807, 2.05) is 18.2 Å². The molecule has 0 aliphatic carbocycles. The molecule has 1 N–H and O–H groups in total. The Morgan fingerprint density at radius 1 is 1.38 bits per heavy atom. The average Bonchev–Trinajstić information content (AvgIpc) is 2.76. The molecule has 0 fully saturated rings. The van der Waals surface area contributed by atoms with Gasteiger partial charge in [-0.25, -0.2) is 9.78 Å². The molecule has 0 bridgehead atoms. The van der Waals surface area contributed by atoms with Crippen LogP contribution in [0.3, 0.4) is 0 Å². The first kappa shape index (κ1) is 10.2. The SMILES string of the molecule is O=C(O)c1ncoc1COc1ccccc1. The number of oxazole rings is 1. The van der Waals surface area contributed by atoms with Crippen molar-refractivity contribution in [1.82, 2.24) is 4.98 Å². The maximum Gasteiger partial charge on any atom is 0.358 e. The molecule has 0 aliphatic rings. The van der Waals surface area contributed by atoms with Crippen LogP contribution in [0.15, 0.2) is 41.1 Å². The Hall–Kier alpha value is -2.30. The Balaban J connectivity index is 2.05. The summed E-state index contributed by atoms with van der Waals surface area (Å²) in [5, 5.41) is 8.77. The summed E-state index contributed by atoms with van der Waals surface area (Å²) < 4.78 is 10.3. The molecule has 0 saturated heterocycles. The highest BCUT2D eigenvalue weighted by molar-refractivity contribution is 5.86. The summed E-state index contributed by atoms with van der Waals surface area (Å²) in [6.45, 7) is 0.0473. The number of carboxylic acid groups (broad SMARTS) is 1. The van der Waals surface area contributed by atoms with Crippen LogP contribution in [0.25, 0.3) is 0 Å². The molecular weight excluding hydrogens is 210 g/mol. The second-order valence-electron chi connectivity index (χ2n) is 3.03. The van der Waals surface area contributed by atoms with Gasteiger partial charge in [-0.15, -0.1) is 0 Å². The molecule has 5 heteroatoms. The van der Waals surface area contributed by atoms with Gasteiger partial charge in [0, 0.05) is 0 Å². The quantitative estimate of drug-likeness (QED) is 0.850. The molecule has 0 saturated carbocycles. The van der Waals surface area contributed by atoms with Gasteiger partial charge in [0.2, 0.25) is 0 Å². The Morgan fingerprint density at radius 2 is 2.12 bits per heavy atom. The zero-order chi connectivity index (χ0) is 11.4. The highest BCUT2D eigenvalue weighted by Gasteiger charge is 2.15. The molecule has 82 valence electrons. The van der Waals surface area contributed by atoms with Gasteiger partial charge in [-0.1, -0.05) is 18.2 Å². The maximum atomic E-state index is 10.7. The van der Waals surface area contributed by atoms with Gasteiger partial charge in [0.15, 0.2) is 17.8 Å². The fraction of sp³-hybridized carbons (Fsp3) is 0.0909. The fourth-order valence-corrected chi connectivity index (χ4v) is 1.21. The molecule has 1 aromatic heterocycles. The number of rotatable bonds is 4. The topological polar surface area (TPSA) is 72.6 Å².